The van der Waals surface area contributed by atoms with Gasteiger partial charge in [-0.05, 0) is 24.8 Å². The number of hydrogen-bond acceptors (Lipinski definition) is 3. The van der Waals surface area contributed by atoms with E-state index in [1.807, 2.05) is 24.3 Å². The summed E-state index contributed by atoms with van der Waals surface area (Å²) in [5.41, 5.74) is 7.70. The van der Waals surface area contributed by atoms with Gasteiger partial charge in [-0.1, -0.05) is 41.9 Å². The molecule has 1 heterocycles. The second kappa shape index (κ2) is 4.32. The third-order valence-electron chi connectivity index (χ3n) is 3.63. The van der Waals surface area contributed by atoms with E-state index in [4.69, 9.17) is 21.9 Å². The van der Waals surface area contributed by atoms with E-state index in [9.17, 15) is 0 Å². The first-order valence-electron chi connectivity index (χ1n) is 6.18. The van der Waals surface area contributed by atoms with Crippen LogP contribution >= 0.6 is 11.6 Å². The molecule has 1 aliphatic rings. The van der Waals surface area contributed by atoms with Crippen molar-refractivity contribution in [1.29, 1.82) is 0 Å². The van der Waals surface area contributed by atoms with Gasteiger partial charge in [0.15, 0.2) is 5.82 Å². The van der Waals surface area contributed by atoms with Crippen LogP contribution < -0.4 is 5.73 Å². The Balaban J connectivity index is 2.11. The number of anilines is 1. The summed E-state index contributed by atoms with van der Waals surface area (Å²) in [6, 6.07) is 7.65. The van der Waals surface area contributed by atoms with Gasteiger partial charge in [-0.2, -0.15) is 0 Å². The summed E-state index contributed by atoms with van der Waals surface area (Å²) in [7, 11) is 0. The van der Waals surface area contributed by atoms with Crippen LogP contribution in [0.2, 0.25) is 5.02 Å². The van der Waals surface area contributed by atoms with E-state index in [1.54, 1.807) is 0 Å². The summed E-state index contributed by atoms with van der Waals surface area (Å²) in [4.78, 5) is 0. The van der Waals surface area contributed by atoms with Crippen molar-refractivity contribution in [2.75, 3.05) is 5.73 Å². The first kappa shape index (κ1) is 11.6. The molecule has 2 aromatic rings. The van der Waals surface area contributed by atoms with Crippen LogP contribution in [0.25, 0.3) is 11.1 Å². The fourth-order valence-electron chi connectivity index (χ4n) is 2.37. The summed E-state index contributed by atoms with van der Waals surface area (Å²) in [5, 5.41) is 4.59. The molecule has 1 aromatic heterocycles. The molecule has 3 nitrogen and oxygen atoms in total. The Morgan fingerprint density at radius 1 is 1.39 bits per heavy atom. The number of halogens is 1. The molecular formula is C14H15ClN2O. The smallest absolute Gasteiger partial charge is 0.175 e. The monoisotopic (exact) mass is 262 g/mol. The lowest BCUT2D eigenvalue weighted by atomic mass is 9.95. The van der Waals surface area contributed by atoms with Crippen LogP contribution in [0.1, 0.15) is 31.4 Å². The molecule has 18 heavy (non-hydrogen) atoms. The molecule has 1 aliphatic carbocycles. The second-order valence-electron chi connectivity index (χ2n) is 4.91. The normalized spacial score (nSPS) is 16.8. The van der Waals surface area contributed by atoms with Crippen LogP contribution in [0, 0.1) is 5.92 Å². The fourth-order valence-corrected chi connectivity index (χ4v) is 2.60. The minimum absolute atomic E-state index is 0.348. The Morgan fingerprint density at radius 2 is 2.11 bits per heavy atom. The molecule has 1 aromatic carbocycles. The standard InChI is InChI=1S/C14H15ClN2O/c1-8(9-6-7-9)13-12(14(16)17-18-13)10-4-2-3-5-11(10)15/h2-5,8-9H,6-7H2,1H3,(H2,16,17). The van der Waals surface area contributed by atoms with E-state index in [2.05, 4.69) is 12.1 Å². The van der Waals surface area contributed by atoms with Gasteiger partial charge in [-0.3, -0.25) is 0 Å². The van der Waals surface area contributed by atoms with E-state index < -0.39 is 0 Å². The SMILES string of the molecule is CC(c1onc(N)c1-c1ccccc1Cl)C1CC1. The fraction of sp³-hybridized carbons (Fsp3) is 0.357. The third kappa shape index (κ3) is 1.89. The largest absolute Gasteiger partial charge is 0.380 e. The number of benzene rings is 1. The summed E-state index contributed by atoms with van der Waals surface area (Å²) >= 11 is 6.23. The van der Waals surface area contributed by atoms with Gasteiger partial charge in [0.2, 0.25) is 0 Å². The van der Waals surface area contributed by atoms with Crippen molar-refractivity contribution < 1.29 is 4.52 Å². The first-order chi connectivity index (χ1) is 8.68. The summed E-state index contributed by atoms with van der Waals surface area (Å²) in [6.45, 7) is 2.16. The third-order valence-corrected chi connectivity index (χ3v) is 3.96. The molecule has 0 bridgehead atoms. The van der Waals surface area contributed by atoms with E-state index in [1.165, 1.54) is 12.8 Å². The predicted molar refractivity (Wildman–Crippen MR) is 72.5 cm³/mol. The highest BCUT2D eigenvalue weighted by molar-refractivity contribution is 6.33. The number of nitrogens with zero attached hydrogens (tertiary/aromatic N) is 1. The van der Waals surface area contributed by atoms with E-state index in [0.29, 0.717) is 22.7 Å². The maximum absolute atomic E-state index is 6.23. The zero-order valence-corrected chi connectivity index (χ0v) is 10.9. The molecule has 0 aliphatic heterocycles. The van der Waals surface area contributed by atoms with Gasteiger partial charge in [0.05, 0.1) is 5.56 Å². The average Bonchev–Trinajstić information content (AvgIpc) is 3.14. The van der Waals surface area contributed by atoms with Gasteiger partial charge in [-0.25, -0.2) is 0 Å². The Bertz CT molecular complexity index is 575. The minimum atomic E-state index is 0.348. The van der Waals surface area contributed by atoms with E-state index >= 15 is 0 Å². The van der Waals surface area contributed by atoms with Crippen molar-refractivity contribution in [3.05, 3.63) is 35.0 Å². The van der Waals surface area contributed by atoms with Gasteiger partial charge < -0.3 is 10.3 Å². The molecule has 0 saturated heterocycles. The lowest BCUT2D eigenvalue weighted by Gasteiger charge is -2.09. The molecule has 94 valence electrons. The highest BCUT2D eigenvalue weighted by Gasteiger charge is 2.34. The van der Waals surface area contributed by atoms with Crippen LogP contribution in [0.3, 0.4) is 0 Å². The van der Waals surface area contributed by atoms with E-state index in [0.717, 1.165) is 16.9 Å². The number of nitrogen functional groups attached to an aromatic ring is 1. The predicted octanol–water partition coefficient (Wildman–Crippen LogP) is 4.09. The Morgan fingerprint density at radius 3 is 2.78 bits per heavy atom. The summed E-state index contributed by atoms with van der Waals surface area (Å²) < 4.78 is 5.43. The Kier molecular flexibility index (Phi) is 2.78. The highest BCUT2D eigenvalue weighted by atomic mass is 35.5. The zero-order chi connectivity index (χ0) is 12.7. The average molecular weight is 263 g/mol. The van der Waals surface area contributed by atoms with Crippen molar-refractivity contribution in [2.45, 2.75) is 25.7 Å². The lowest BCUT2D eigenvalue weighted by molar-refractivity contribution is 0.358. The maximum Gasteiger partial charge on any atom is 0.175 e. The van der Waals surface area contributed by atoms with Gasteiger partial charge in [-0.15, -0.1) is 0 Å². The van der Waals surface area contributed by atoms with Crippen molar-refractivity contribution in [1.82, 2.24) is 5.16 Å². The van der Waals surface area contributed by atoms with Crippen LogP contribution in [-0.4, -0.2) is 5.16 Å². The van der Waals surface area contributed by atoms with Crippen molar-refractivity contribution in [3.63, 3.8) is 0 Å². The van der Waals surface area contributed by atoms with Gasteiger partial charge in [0, 0.05) is 16.5 Å². The molecule has 3 rings (SSSR count). The van der Waals surface area contributed by atoms with Crippen LogP contribution in [0.15, 0.2) is 28.8 Å². The maximum atomic E-state index is 6.23. The molecule has 1 fully saturated rings. The molecule has 0 amide bonds. The molecule has 0 spiro atoms. The lowest BCUT2D eigenvalue weighted by Crippen LogP contribution is -1.97. The Labute approximate surface area is 111 Å². The zero-order valence-electron chi connectivity index (χ0n) is 10.2. The van der Waals surface area contributed by atoms with Gasteiger partial charge >= 0.3 is 0 Å². The molecular weight excluding hydrogens is 248 g/mol. The second-order valence-corrected chi connectivity index (χ2v) is 5.32. The summed E-state index contributed by atoms with van der Waals surface area (Å²) in [5.74, 6) is 2.33. The first-order valence-corrected chi connectivity index (χ1v) is 6.56. The van der Waals surface area contributed by atoms with Crippen molar-refractivity contribution in [3.8, 4) is 11.1 Å². The number of hydrogen-bond donors (Lipinski definition) is 1. The molecule has 0 radical (unpaired) electrons. The quantitative estimate of drug-likeness (QED) is 0.906. The molecule has 1 unspecified atom stereocenters. The number of nitrogens with two attached hydrogens (primary N) is 1. The van der Waals surface area contributed by atoms with Crippen LogP contribution in [0.4, 0.5) is 5.82 Å². The Hall–Kier alpha value is -1.48. The van der Waals surface area contributed by atoms with Gasteiger partial charge in [0.1, 0.15) is 5.76 Å². The molecule has 2 N–H and O–H groups in total. The number of rotatable bonds is 3. The molecule has 1 atom stereocenters. The van der Waals surface area contributed by atoms with Gasteiger partial charge in [0.25, 0.3) is 0 Å². The topological polar surface area (TPSA) is 52.0 Å². The number of aromatic nitrogens is 1. The van der Waals surface area contributed by atoms with Crippen molar-refractivity contribution in [2.24, 2.45) is 5.92 Å². The van der Waals surface area contributed by atoms with E-state index in [-0.39, 0.29) is 0 Å². The van der Waals surface area contributed by atoms with Crippen LogP contribution in [0.5, 0.6) is 0 Å². The minimum Gasteiger partial charge on any atom is -0.380 e. The van der Waals surface area contributed by atoms with Crippen LogP contribution in [-0.2, 0) is 0 Å². The highest BCUT2D eigenvalue weighted by Crippen LogP contribution is 2.47. The molecule has 1 saturated carbocycles. The van der Waals surface area contributed by atoms with Crippen molar-refractivity contribution >= 4 is 17.4 Å². The molecule has 4 heteroatoms. The summed E-state index contributed by atoms with van der Waals surface area (Å²) in [6.07, 6.45) is 2.51.